The molecule has 9 aromatic rings. The Balaban J connectivity index is 1.39. The summed E-state index contributed by atoms with van der Waals surface area (Å²) < 4.78 is 250. The molecule has 0 N–H and O–H groups in total. The molecule has 0 spiro atoms. The van der Waals surface area contributed by atoms with Crippen molar-refractivity contribution in [1.82, 2.24) is 24.1 Å². The maximum absolute atomic E-state index is 9.83. The van der Waals surface area contributed by atoms with E-state index in [1.54, 1.807) is 0 Å². The lowest BCUT2D eigenvalue weighted by molar-refractivity contribution is 0.152. The largest absolute Gasteiger partial charge is 0.489 e. The Morgan fingerprint density at radius 2 is 1.22 bits per heavy atom. The topological polar surface area (TPSA) is 57.8 Å². The van der Waals surface area contributed by atoms with E-state index in [1.165, 1.54) is 0 Å². The van der Waals surface area contributed by atoms with Gasteiger partial charge in [-0.1, -0.05) is 115 Å². The number of hydrogen-bond donors (Lipinski definition) is 0. The van der Waals surface area contributed by atoms with Gasteiger partial charge < -0.3 is 9.30 Å². The highest BCUT2D eigenvalue weighted by Crippen LogP contribution is 2.49. The van der Waals surface area contributed by atoms with Crippen molar-refractivity contribution < 1.29 is 41.7 Å². The molecule has 3 aromatic heterocycles. The average Bonchev–Trinajstić information content (AvgIpc) is 4.17. The highest BCUT2D eigenvalue weighted by molar-refractivity contribution is 6.23. The van der Waals surface area contributed by atoms with Gasteiger partial charge in [0.15, 0.2) is 5.82 Å². The first-order chi connectivity index (χ1) is 36.5. The van der Waals surface area contributed by atoms with Crippen LogP contribution in [0.1, 0.15) is 79.4 Å². The lowest BCUT2D eigenvalue weighted by atomic mass is 9.77. The molecule has 4 heterocycles. The Labute approximate surface area is 332 Å². The van der Waals surface area contributed by atoms with Gasteiger partial charge in [0, 0.05) is 54.3 Å². The summed E-state index contributed by atoms with van der Waals surface area (Å²) in [7, 11) is 0. The third kappa shape index (κ3) is 4.32. The van der Waals surface area contributed by atoms with Crippen LogP contribution in [0, 0.1) is 0 Å². The van der Waals surface area contributed by atoms with Crippen molar-refractivity contribution in [3.05, 3.63) is 156 Å². The van der Waals surface area contributed by atoms with Crippen LogP contribution in [-0.4, -0.2) is 30.2 Å². The second-order valence-corrected chi connectivity index (χ2v) is 11.6. The van der Waals surface area contributed by atoms with Gasteiger partial charge in [-0.15, -0.1) is 0 Å². The zero-order valence-electron chi connectivity index (χ0n) is 52.6. The van der Waals surface area contributed by atoms with E-state index in [9.17, 15) is 15.1 Å². The molecule has 6 nitrogen and oxygen atoms in total. The van der Waals surface area contributed by atoms with Crippen molar-refractivity contribution in [3.63, 3.8) is 0 Å². The summed E-state index contributed by atoms with van der Waals surface area (Å²) in [6.45, 7) is 0. The van der Waals surface area contributed by atoms with Crippen molar-refractivity contribution in [2.75, 3.05) is 0 Å². The second kappa shape index (κ2) is 11.1. The number of benzene rings is 6. The summed E-state index contributed by atoms with van der Waals surface area (Å²) in [5.41, 5.74) is -4.11. The molecule has 0 bridgehead atoms. The number of nitrogens with zero attached hydrogens (tertiary/aromatic N) is 5. The summed E-state index contributed by atoms with van der Waals surface area (Å²) in [6, 6.07) is -20.5. The van der Waals surface area contributed by atoms with E-state index in [4.69, 9.17) is 31.7 Å². The van der Waals surface area contributed by atoms with E-state index >= 15 is 0 Å². The molecule has 1 aliphatic heterocycles. The lowest BCUT2D eigenvalue weighted by Gasteiger charge is -2.30. The zero-order chi connectivity index (χ0) is 57.0. The summed E-state index contributed by atoms with van der Waals surface area (Å²) in [6.07, 6.45) is -6.71. The van der Waals surface area contributed by atoms with Crippen molar-refractivity contribution in [3.8, 4) is 28.8 Å². The van der Waals surface area contributed by atoms with E-state index in [2.05, 4.69) is 9.97 Å². The van der Waals surface area contributed by atoms with Crippen LogP contribution >= 0.6 is 0 Å². The van der Waals surface area contributed by atoms with Gasteiger partial charge in [0.25, 0.3) is 0 Å². The molecule has 244 valence electrons. The third-order valence-electron chi connectivity index (χ3n) is 8.86. The minimum Gasteiger partial charge on any atom is -0.489 e. The molecule has 0 saturated heterocycles. The van der Waals surface area contributed by atoms with E-state index in [1.807, 2.05) is 0 Å². The molecule has 6 aromatic carbocycles. The van der Waals surface area contributed by atoms with Gasteiger partial charge >= 0.3 is 0 Å². The van der Waals surface area contributed by atoms with Gasteiger partial charge in [-0.25, -0.2) is 4.98 Å². The van der Waals surface area contributed by atoms with Gasteiger partial charge in [0.05, 0.1) is 55.0 Å². The van der Waals surface area contributed by atoms with E-state index in [0.717, 1.165) is 9.13 Å². The van der Waals surface area contributed by atoms with Crippen LogP contribution in [0.3, 0.4) is 0 Å². The fourth-order valence-electron chi connectivity index (χ4n) is 6.76. The molecule has 2 aliphatic rings. The molecule has 6 unspecified atom stereocenters. The fraction of sp³-hybridized carbons (Fsp3) is 0.133. The van der Waals surface area contributed by atoms with Crippen molar-refractivity contribution in [1.29, 1.82) is 0 Å². The lowest BCUT2D eigenvalue weighted by Crippen LogP contribution is -2.27. The Hall–Kier alpha value is -6.27. The van der Waals surface area contributed by atoms with Crippen molar-refractivity contribution in [2.45, 2.75) is 37.1 Å². The summed E-state index contributed by atoms with van der Waals surface area (Å²) in [4.78, 5) is 13.8. The van der Waals surface area contributed by atoms with Crippen LogP contribution in [0.5, 0.6) is 5.75 Å². The second-order valence-electron chi connectivity index (χ2n) is 11.6. The van der Waals surface area contributed by atoms with E-state index in [-0.39, 0.29) is 11.3 Å². The van der Waals surface area contributed by atoms with Crippen LogP contribution in [0.4, 0.5) is 0 Å². The Morgan fingerprint density at radius 1 is 0.588 bits per heavy atom. The number of rotatable bonds is 4. The minimum atomic E-state index is -1.82. The Kier molecular flexibility index (Phi) is 2.79. The SMILES string of the molecule is [2H]c1c([2H])c([2H])c(-c2nc(C3C([2H])C([2H])C4Oc5c([2H])c([2H])c([2H])c([2H])c5C4C3[2H])nc(-n3c4c([2H])c([2H])c([2H])c([2H])c4c4c([2H])c([2H])c5c6c([2H])c([2H])c([2H])c([2H])c6n(-c6c([2H])c([2H])c([2H])c([2H])c6[2H])c5c43)n2)c([2H])c1[2H]. The first kappa shape index (κ1) is 12.8. The van der Waals surface area contributed by atoms with Crippen LogP contribution in [-0.2, 0) is 0 Å². The molecule has 51 heavy (non-hydrogen) atoms. The van der Waals surface area contributed by atoms with Gasteiger partial charge in [0.1, 0.15) is 17.7 Å². The average molecular weight is 687 g/mol. The first-order valence-corrected chi connectivity index (χ1v) is 15.5. The van der Waals surface area contributed by atoms with Crippen LogP contribution < -0.4 is 4.74 Å². The third-order valence-corrected chi connectivity index (χ3v) is 8.86. The summed E-state index contributed by atoms with van der Waals surface area (Å²) in [5.74, 6) is -5.85. The number of para-hydroxylation sites is 4. The smallest absolute Gasteiger partial charge is 0.238 e. The van der Waals surface area contributed by atoms with Gasteiger partial charge in [-0.05, 0) is 49.4 Å². The van der Waals surface area contributed by atoms with Gasteiger partial charge in [-0.3, -0.25) is 4.57 Å². The van der Waals surface area contributed by atoms with Crippen molar-refractivity contribution in [2.24, 2.45) is 0 Å². The maximum atomic E-state index is 9.83. The Bertz CT molecular complexity index is 4230. The van der Waals surface area contributed by atoms with Gasteiger partial charge in [0.2, 0.25) is 5.95 Å². The minimum absolute atomic E-state index is 0.204. The molecule has 1 saturated carbocycles. The van der Waals surface area contributed by atoms with Crippen molar-refractivity contribution >= 4 is 43.6 Å². The molecular formula is C45H33N5O. The molecule has 11 rings (SSSR count). The fourth-order valence-corrected chi connectivity index (χ4v) is 6.76. The van der Waals surface area contributed by atoms with E-state index < -0.39 is 255 Å². The molecule has 0 amide bonds. The molecule has 1 fully saturated rings. The monoisotopic (exact) mass is 686 g/mol. The number of aromatic nitrogens is 5. The quantitative estimate of drug-likeness (QED) is 0.185. The van der Waals surface area contributed by atoms with E-state index in [0.29, 0.717) is 0 Å². The predicted molar refractivity (Wildman–Crippen MR) is 204 cm³/mol. The number of fused-ring (bicyclic) bond motifs is 10. The highest BCUT2D eigenvalue weighted by Gasteiger charge is 2.40. The summed E-state index contributed by atoms with van der Waals surface area (Å²) in [5, 5.41) is -2.17. The molecule has 1 aliphatic carbocycles. The van der Waals surface area contributed by atoms with Crippen LogP contribution in [0.15, 0.2) is 145 Å². The number of hydrogen-bond acceptors (Lipinski definition) is 4. The molecule has 0 radical (unpaired) electrons. The normalized spacial score (nSPS) is 30.1. The van der Waals surface area contributed by atoms with Crippen LogP contribution in [0.25, 0.3) is 66.6 Å². The molecular weight excluding hydrogens is 627 g/mol. The Morgan fingerprint density at radius 3 is 1.98 bits per heavy atom. The maximum Gasteiger partial charge on any atom is 0.238 e. The summed E-state index contributed by atoms with van der Waals surface area (Å²) >= 11 is 0. The first-order valence-electron chi connectivity index (χ1n) is 29.2. The highest BCUT2D eigenvalue weighted by atomic mass is 16.5. The predicted octanol–water partition coefficient (Wildman–Crippen LogP) is 10.5. The molecule has 6 atom stereocenters. The van der Waals surface area contributed by atoms with Crippen LogP contribution in [0.2, 0.25) is 0 Å². The zero-order valence-corrected chi connectivity index (χ0v) is 25.6. The number of ether oxygens (including phenoxy) is 1. The standard InChI is InChI=1S/C45H33N5O/c1-3-13-28(14-4-1)43-46-44(29-23-26-40-36(27-29)33-19-9-12-22-39(33)51-40)48-45(47-43)50-38-21-11-8-18-32(38)35-25-24-34-31-17-7-10-20-37(31)49(41(34)42(35)50)30-15-5-2-6-16-30/h1-22,24-25,29,36,40H,23,26-27H2/i1D,2D,3D,4D,5D,6D,7D,8D,9D,10D,11D,12D,13D,14D,15D,16D,17D,18D,19D,20D,21D,22D,23D,24D,25D,26D,27D. The molecule has 6 heteroatoms. The van der Waals surface area contributed by atoms with Gasteiger partial charge in [-0.2, -0.15) is 9.97 Å².